The second kappa shape index (κ2) is 5.30. The van der Waals surface area contributed by atoms with E-state index in [0.29, 0.717) is 6.42 Å². The van der Waals surface area contributed by atoms with Gasteiger partial charge in [0.2, 0.25) is 0 Å². The van der Waals surface area contributed by atoms with E-state index >= 15 is 0 Å². The van der Waals surface area contributed by atoms with Crippen molar-refractivity contribution in [1.29, 1.82) is 0 Å². The van der Waals surface area contributed by atoms with E-state index < -0.39 is 0 Å². The Bertz CT molecular complexity index is 609. The average Bonchev–Trinajstić information content (AvgIpc) is 3.06. The van der Waals surface area contributed by atoms with Crippen LogP contribution in [0, 0.1) is 0 Å². The second-order valence-corrected chi connectivity index (χ2v) is 6.34. The molecule has 0 spiro atoms. The highest BCUT2D eigenvalue weighted by molar-refractivity contribution is 7.14. The van der Waals surface area contributed by atoms with Gasteiger partial charge in [0.1, 0.15) is 0 Å². The molecule has 0 amide bonds. The maximum absolute atomic E-state index is 12.3. The Kier molecular flexibility index (Phi) is 3.52. The fraction of sp³-hybridized carbons (Fsp3) is 0.353. The first kappa shape index (κ1) is 12.6. The summed E-state index contributed by atoms with van der Waals surface area (Å²) in [5.41, 5.74) is 4.09. The number of thiophene rings is 1. The number of aryl methyl sites for hydroxylation is 3. The molecular formula is C17H18OS. The Balaban J connectivity index is 1.75. The highest BCUT2D eigenvalue weighted by atomic mass is 32.1. The van der Waals surface area contributed by atoms with Crippen LogP contribution in [0.15, 0.2) is 30.3 Å². The molecule has 19 heavy (non-hydrogen) atoms. The summed E-state index contributed by atoms with van der Waals surface area (Å²) < 4.78 is 0. The van der Waals surface area contributed by atoms with Gasteiger partial charge in [-0.1, -0.05) is 25.1 Å². The Labute approximate surface area is 118 Å². The molecule has 1 aliphatic carbocycles. The number of hydrogen-bond donors (Lipinski definition) is 0. The van der Waals surface area contributed by atoms with Crippen molar-refractivity contribution in [2.24, 2.45) is 0 Å². The molecule has 1 aromatic carbocycles. The largest absolute Gasteiger partial charge is 0.293 e. The number of hydrogen-bond acceptors (Lipinski definition) is 2. The molecule has 1 nitrogen and oxygen atoms in total. The summed E-state index contributed by atoms with van der Waals surface area (Å²) in [6.07, 6.45) is 5.19. The first-order chi connectivity index (χ1) is 9.26. The summed E-state index contributed by atoms with van der Waals surface area (Å²) in [5.74, 6) is 0.252. The molecule has 0 radical (unpaired) electrons. The van der Waals surface area contributed by atoms with Gasteiger partial charge in [-0.3, -0.25) is 4.79 Å². The van der Waals surface area contributed by atoms with Gasteiger partial charge in [0.05, 0.1) is 4.88 Å². The number of Topliss-reactive ketones (excluding diaryl/α,β-unsaturated/α-hetero) is 1. The molecular weight excluding hydrogens is 252 g/mol. The molecule has 0 fully saturated rings. The smallest absolute Gasteiger partial charge is 0.177 e. The monoisotopic (exact) mass is 270 g/mol. The van der Waals surface area contributed by atoms with Crippen LogP contribution in [0.4, 0.5) is 0 Å². The standard InChI is InChI=1S/C17H18OS/c1-2-15-8-9-17(19-15)16(18)11-12-6-7-13-4-3-5-14(13)10-12/h6-10H,2-5,11H2,1H3. The van der Waals surface area contributed by atoms with Crippen LogP contribution in [0.25, 0.3) is 0 Å². The predicted molar refractivity (Wildman–Crippen MR) is 80.2 cm³/mol. The van der Waals surface area contributed by atoms with Crippen molar-refractivity contribution >= 4 is 17.1 Å². The van der Waals surface area contributed by atoms with Crippen molar-refractivity contribution in [3.63, 3.8) is 0 Å². The van der Waals surface area contributed by atoms with Gasteiger partial charge in [-0.25, -0.2) is 0 Å². The minimum absolute atomic E-state index is 0.252. The van der Waals surface area contributed by atoms with Gasteiger partial charge in [-0.05, 0) is 54.5 Å². The summed E-state index contributed by atoms with van der Waals surface area (Å²) in [5, 5.41) is 0. The Morgan fingerprint density at radius 3 is 2.79 bits per heavy atom. The van der Waals surface area contributed by atoms with E-state index in [-0.39, 0.29) is 5.78 Å². The molecule has 0 unspecified atom stereocenters. The van der Waals surface area contributed by atoms with Gasteiger partial charge < -0.3 is 0 Å². The number of ketones is 1. The molecule has 3 rings (SSSR count). The first-order valence-electron chi connectivity index (χ1n) is 6.99. The number of rotatable bonds is 4. The van der Waals surface area contributed by atoms with Crippen LogP contribution in [0.5, 0.6) is 0 Å². The summed E-state index contributed by atoms with van der Waals surface area (Å²) in [6.45, 7) is 2.13. The van der Waals surface area contributed by atoms with E-state index in [1.165, 1.54) is 35.3 Å². The highest BCUT2D eigenvalue weighted by Gasteiger charge is 2.14. The normalized spacial score (nSPS) is 13.5. The third-order valence-corrected chi connectivity index (χ3v) is 5.08. The average molecular weight is 270 g/mol. The molecule has 0 bridgehead atoms. The minimum atomic E-state index is 0.252. The number of benzene rings is 1. The fourth-order valence-electron chi connectivity index (χ4n) is 2.73. The van der Waals surface area contributed by atoms with Crippen LogP contribution in [-0.4, -0.2) is 5.78 Å². The predicted octanol–water partition coefficient (Wildman–Crippen LogP) is 4.22. The lowest BCUT2D eigenvalue weighted by Gasteiger charge is -2.03. The van der Waals surface area contributed by atoms with Crippen molar-refractivity contribution < 1.29 is 4.79 Å². The van der Waals surface area contributed by atoms with Crippen LogP contribution in [-0.2, 0) is 25.7 Å². The van der Waals surface area contributed by atoms with E-state index in [9.17, 15) is 4.79 Å². The molecule has 0 saturated heterocycles. The zero-order valence-corrected chi connectivity index (χ0v) is 12.1. The van der Waals surface area contributed by atoms with E-state index in [1.54, 1.807) is 11.3 Å². The number of carbonyl (C=O) groups is 1. The molecule has 1 heterocycles. The van der Waals surface area contributed by atoms with E-state index in [0.717, 1.165) is 16.9 Å². The molecule has 0 atom stereocenters. The lowest BCUT2D eigenvalue weighted by atomic mass is 10.0. The van der Waals surface area contributed by atoms with Crippen molar-refractivity contribution in [3.8, 4) is 0 Å². The van der Waals surface area contributed by atoms with Gasteiger partial charge >= 0.3 is 0 Å². The summed E-state index contributed by atoms with van der Waals surface area (Å²) in [7, 11) is 0. The van der Waals surface area contributed by atoms with Crippen molar-refractivity contribution in [3.05, 3.63) is 56.8 Å². The quantitative estimate of drug-likeness (QED) is 0.760. The second-order valence-electron chi connectivity index (χ2n) is 5.18. The Hall–Kier alpha value is -1.41. The first-order valence-corrected chi connectivity index (χ1v) is 7.80. The van der Waals surface area contributed by atoms with Gasteiger partial charge in [-0.2, -0.15) is 0 Å². The molecule has 1 aliphatic rings. The minimum Gasteiger partial charge on any atom is -0.293 e. The molecule has 2 heteroatoms. The Morgan fingerprint density at radius 1 is 1.16 bits per heavy atom. The SMILES string of the molecule is CCc1ccc(C(=O)Cc2ccc3c(c2)CCC3)s1. The van der Waals surface area contributed by atoms with E-state index in [4.69, 9.17) is 0 Å². The lowest BCUT2D eigenvalue weighted by molar-refractivity contribution is 0.0997. The third-order valence-electron chi connectivity index (χ3n) is 3.81. The van der Waals surface area contributed by atoms with Crippen LogP contribution in [0.2, 0.25) is 0 Å². The van der Waals surface area contributed by atoms with Crippen LogP contribution >= 0.6 is 11.3 Å². The number of fused-ring (bicyclic) bond motifs is 1. The topological polar surface area (TPSA) is 17.1 Å². The maximum Gasteiger partial charge on any atom is 0.177 e. The van der Waals surface area contributed by atoms with Crippen LogP contribution < -0.4 is 0 Å². The molecule has 98 valence electrons. The van der Waals surface area contributed by atoms with Crippen molar-refractivity contribution in [2.75, 3.05) is 0 Å². The van der Waals surface area contributed by atoms with E-state index in [1.807, 2.05) is 6.07 Å². The maximum atomic E-state index is 12.3. The van der Waals surface area contributed by atoms with Crippen LogP contribution in [0.1, 0.15) is 44.6 Å². The van der Waals surface area contributed by atoms with Gasteiger partial charge in [-0.15, -0.1) is 11.3 Å². The zero-order chi connectivity index (χ0) is 13.2. The summed E-state index contributed by atoms with van der Waals surface area (Å²) in [6, 6.07) is 10.6. The summed E-state index contributed by atoms with van der Waals surface area (Å²) >= 11 is 1.64. The Morgan fingerprint density at radius 2 is 2.00 bits per heavy atom. The van der Waals surface area contributed by atoms with Crippen molar-refractivity contribution in [2.45, 2.75) is 39.0 Å². The molecule has 0 saturated carbocycles. The molecule has 1 aromatic heterocycles. The van der Waals surface area contributed by atoms with Crippen LogP contribution in [0.3, 0.4) is 0 Å². The highest BCUT2D eigenvalue weighted by Crippen LogP contribution is 2.24. The molecule has 0 N–H and O–H groups in total. The van der Waals surface area contributed by atoms with Gasteiger partial charge in [0, 0.05) is 11.3 Å². The lowest BCUT2D eigenvalue weighted by Crippen LogP contribution is -2.01. The van der Waals surface area contributed by atoms with Crippen molar-refractivity contribution in [1.82, 2.24) is 0 Å². The van der Waals surface area contributed by atoms with E-state index in [2.05, 4.69) is 31.2 Å². The number of carbonyl (C=O) groups excluding carboxylic acids is 1. The zero-order valence-electron chi connectivity index (χ0n) is 11.2. The molecule has 0 aliphatic heterocycles. The fourth-order valence-corrected chi connectivity index (χ4v) is 3.61. The van der Waals surface area contributed by atoms with Gasteiger partial charge in [0.25, 0.3) is 0 Å². The van der Waals surface area contributed by atoms with Gasteiger partial charge in [0.15, 0.2) is 5.78 Å². The third kappa shape index (κ3) is 2.64. The molecule has 2 aromatic rings. The summed E-state index contributed by atoms with van der Waals surface area (Å²) in [4.78, 5) is 14.4.